The molecule has 3 amide bonds. The largest absolute Gasteiger partial charge is 0.489 e. The molecule has 0 bridgehead atoms. The number of carbonyl (C=O) groups is 3. The number of piperazine rings is 1. The lowest BCUT2D eigenvalue weighted by molar-refractivity contribution is -0.164. The van der Waals surface area contributed by atoms with Crippen LogP contribution in [0, 0.1) is 28.1 Å². The van der Waals surface area contributed by atoms with Gasteiger partial charge in [-0.2, -0.15) is 9.94 Å². The molecule has 320 valence electrons. The summed E-state index contributed by atoms with van der Waals surface area (Å²) < 4.78 is 7.50. The summed E-state index contributed by atoms with van der Waals surface area (Å²) in [4.78, 5) is 58.2. The third-order valence-electron chi connectivity index (χ3n) is 13.5. The molecule has 14 nitrogen and oxygen atoms in total. The number of aromatic nitrogens is 3. The van der Waals surface area contributed by atoms with Gasteiger partial charge in [-0.3, -0.25) is 29.4 Å². The zero-order valence-corrected chi connectivity index (χ0v) is 36.1. The minimum absolute atomic E-state index is 0.101. The van der Waals surface area contributed by atoms with E-state index in [4.69, 9.17) is 16.3 Å². The molecule has 4 fully saturated rings. The Kier molecular flexibility index (Phi) is 11.8. The summed E-state index contributed by atoms with van der Waals surface area (Å²) in [6, 6.07) is 19.8. The average molecular weight is 848 g/mol. The molecule has 4 aliphatic rings. The van der Waals surface area contributed by atoms with Crippen molar-refractivity contribution in [2.45, 2.75) is 84.4 Å². The number of anilines is 2. The van der Waals surface area contributed by atoms with E-state index in [-0.39, 0.29) is 53.2 Å². The van der Waals surface area contributed by atoms with Gasteiger partial charge in [-0.25, -0.2) is 0 Å². The number of nitrogens with zero attached hydrogens (tertiary/aromatic N) is 7. The first kappa shape index (κ1) is 42.2. The van der Waals surface area contributed by atoms with Gasteiger partial charge in [-0.15, -0.1) is 5.10 Å². The molecule has 1 saturated carbocycles. The van der Waals surface area contributed by atoms with Gasteiger partial charge in [0.2, 0.25) is 5.91 Å². The van der Waals surface area contributed by atoms with Gasteiger partial charge in [-0.1, -0.05) is 44.5 Å². The maximum atomic E-state index is 13.5. The van der Waals surface area contributed by atoms with Crippen LogP contribution in [-0.4, -0.2) is 95.6 Å². The predicted octanol–water partition coefficient (Wildman–Crippen LogP) is 5.73. The Morgan fingerprint density at radius 2 is 1.59 bits per heavy atom. The number of hydrogen-bond acceptors (Lipinski definition) is 11. The number of nitrogens with one attached hydrogen (secondary N) is 2. The summed E-state index contributed by atoms with van der Waals surface area (Å²) in [5, 5.41) is 23.8. The Hall–Kier alpha value is -5.52. The topological polar surface area (TPSA) is 166 Å². The number of nitriles is 1. The highest BCUT2D eigenvalue weighted by Crippen LogP contribution is 2.55. The van der Waals surface area contributed by atoms with Crippen LogP contribution in [0.25, 0.3) is 10.9 Å². The van der Waals surface area contributed by atoms with Crippen LogP contribution in [0.4, 0.5) is 11.4 Å². The maximum Gasteiger partial charge on any atom is 0.278 e. The van der Waals surface area contributed by atoms with Crippen molar-refractivity contribution in [3.8, 4) is 11.8 Å². The lowest BCUT2D eigenvalue weighted by Crippen LogP contribution is -2.74. The van der Waals surface area contributed by atoms with Crippen molar-refractivity contribution in [2.24, 2.45) is 16.7 Å². The first-order chi connectivity index (χ1) is 29.2. The first-order valence-electron chi connectivity index (χ1n) is 21.5. The molecule has 1 aromatic heterocycles. The number of benzene rings is 3. The van der Waals surface area contributed by atoms with Crippen molar-refractivity contribution in [3.63, 3.8) is 0 Å². The van der Waals surface area contributed by atoms with Crippen molar-refractivity contribution in [1.82, 2.24) is 30.5 Å². The fourth-order valence-corrected chi connectivity index (χ4v) is 10.5. The van der Waals surface area contributed by atoms with Crippen LogP contribution in [0.1, 0.15) is 88.2 Å². The van der Waals surface area contributed by atoms with Crippen molar-refractivity contribution in [1.29, 1.82) is 5.26 Å². The zero-order valence-electron chi connectivity index (χ0n) is 35.3. The van der Waals surface area contributed by atoms with Gasteiger partial charge in [0.15, 0.2) is 0 Å². The molecule has 0 spiro atoms. The summed E-state index contributed by atoms with van der Waals surface area (Å²) in [7, 11) is 0. The fraction of sp³-hybridized carbons (Fsp3) is 0.500. The molecule has 3 aliphatic heterocycles. The normalized spacial score (nSPS) is 22.9. The number of hydrogen-bond donors (Lipinski definition) is 2. The number of rotatable bonds is 11. The van der Waals surface area contributed by atoms with E-state index < -0.39 is 11.9 Å². The number of ether oxygens (including phenoxy) is 1. The summed E-state index contributed by atoms with van der Waals surface area (Å²) in [6.45, 7) is 15.2. The van der Waals surface area contributed by atoms with Gasteiger partial charge in [0.1, 0.15) is 29.5 Å². The molecule has 1 atom stereocenters. The Morgan fingerprint density at radius 3 is 2.26 bits per heavy atom. The quantitative estimate of drug-likeness (QED) is 0.177. The molecule has 3 saturated heterocycles. The molecule has 15 heteroatoms. The third-order valence-corrected chi connectivity index (χ3v) is 13.8. The minimum Gasteiger partial charge on any atom is -0.489 e. The van der Waals surface area contributed by atoms with E-state index in [0.29, 0.717) is 38.7 Å². The van der Waals surface area contributed by atoms with E-state index in [1.807, 2.05) is 30.3 Å². The monoisotopic (exact) mass is 847 g/mol. The van der Waals surface area contributed by atoms with E-state index in [1.165, 1.54) is 6.42 Å². The molecule has 1 unspecified atom stereocenters. The molecule has 0 radical (unpaired) electrons. The van der Waals surface area contributed by atoms with Gasteiger partial charge in [0.05, 0.1) is 16.0 Å². The Labute approximate surface area is 361 Å². The predicted molar refractivity (Wildman–Crippen MR) is 234 cm³/mol. The lowest BCUT2D eigenvalue weighted by atomic mass is 9.49. The van der Waals surface area contributed by atoms with Crippen molar-refractivity contribution < 1.29 is 19.1 Å². The molecule has 2 N–H and O–H groups in total. The first-order valence-corrected chi connectivity index (χ1v) is 21.8. The molecular formula is C46H54ClN9O5. The summed E-state index contributed by atoms with van der Waals surface area (Å²) in [5.41, 5.74) is 2.56. The highest BCUT2D eigenvalue weighted by molar-refractivity contribution is 6.31. The van der Waals surface area contributed by atoms with Gasteiger partial charge in [0, 0.05) is 85.6 Å². The third kappa shape index (κ3) is 8.55. The number of piperidine rings is 2. The Morgan fingerprint density at radius 1 is 0.902 bits per heavy atom. The van der Waals surface area contributed by atoms with Crippen molar-refractivity contribution in [3.05, 3.63) is 87.2 Å². The van der Waals surface area contributed by atoms with E-state index in [1.54, 1.807) is 18.2 Å². The maximum absolute atomic E-state index is 13.5. The SMILES string of the molecule is CC1(C)C(NC(=O)c2ccc(N3CCN(CCCC4CCN(c5ccc6nnn(C7CCC(=O)NC7=O)c(=O)c6c5)CC4)CC3)cc2)C(C)(C)C1Oc1ccc(C#N)c(Cl)c1. The Balaban J connectivity index is 0.762. The van der Waals surface area contributed by atoms with Crippen molar-refractivity contribution in [2.75, 3.05) is 55.6 Å². The zero-order chi connectivity index (χ0) is 43.1. The summed E-state index contributed by atoms with van der Waals surface area (Å²) in [6.07, 6.45) is 4.75. The molecule has 4 aromatic rings. The number of halogens is 1. The number of amides is 3. The average Bonchev–Trinajstić information content (AvgIpc) is 3.25. The van der Waals surface area contributed by atoms with Crippen molar-refractivity contribution >= 4 is 51.6 Å². The van der Waals surface area contributed by atoms with Gasteiger partial charge in [-0.05, 0) is 99.2 Å². The molecule has 61 heavy (non-hydrogen) atoms. The number of fused-ring (bicyclic) bond motifs is 1. The molecule has 1 aliphatic carbocycles. The molecular weight excluding hydrogens is 794 g/mol. The molecule has 8 rings (SSSR count). The highest BCUT2D eigenvalue weighted by atomic mass is 35.5. The summed E-state index contributed by atoms with van der Waals surface area (Å²) >= 11 is 6.26. The van der Waals surface area contributed by atoms with Crippen LogP contribution in [0.2, 0.25) is 5.02 Å². The standard InChI is InChI=1S/C46H54ClN9O5/c1-45(2)43(46(3,4)44(45)61-34-13-9-31(28-48)36(47)27-34)50-40(58)30-7-10-32(11-8-30)55-24-22-53(23-25-55)19-5-6-29-17-20-54(21-18-29)33-12-14-37-35(26-33)42(60)56(52-51-37)38-15-16-39(57)49-41(38)59/h7-14,26-27,29,38,43-44H,5-6,15-25H2,1-4H3,(H,50,58)(H,49,57,59). The van der Waals surface area contributed by atoms with Gasteiger partial charge in [0.25, 0.3) is 17.4 Å². The van der Waals surface area contributed by atoms with Crippen LogP contribution in [0.5, 0.6) is 5.75 Å². The highest BCUT2D eigenvalue weighted by Gasteiger charge is 2.64. The number of carbonyl (C=O) groups excluding carboxylic acids is 3. The fourth-order valence-electron chi connectivity index (χ4n) is 10.3. The van der Waals surface area contributed by atoms with Gasteiger partial charge < -0.3 is 19.9 Å². The van der Waals surface area contributed by atoms with Crippen LogP contribution < -0.4 is 30.7 Å². The second kappa shape index (κ2) is 17.1. The molecule has 4 heterocycles. The second-order valence-corrected chi connectivity index (χ2v) is 18.7. The van der Waals surface area contributed by atoms with E-state index in [0.717, 1.165) is 81.1 Å². The van der Waals surface area contributed by atoms with Crippen LogP contribution in [-0.2, 0) is 9.59 Å². The minimum atomic E-state index is -0.842. The van der Waals surface area contributed by atoms with Crippen LogP contribution >= 0.6 is 11.6 Å². The smallest absolute Gasteiger partial charge is 0.278 e. The second-order valence-electron chi connectivity index (χ2n) is 18.3. The van der Waals surface area contributed by atoms with Crippen LogP contribution in [0.15, 0.2) is 65.5 Å². The van der Waals surface area contributed by atoms with E-state index >= 15 is 0 Å². The van der Waals surface area contributed by atoms with E-state index in [9.17, 15) is 24.4 Å². The molecule has 3 aromatic carbocycles. The Bertz CT molecular complexity index is 2400. The summed E-state index contributed by atoms with van der Waals surface area (Å²) in [5.74, 6) is 0.304. The van der Waals surface area contributed by atoms with Crippen LogP contribution in [0.3, 0.4) is 0 Å². The number of imide groups is 1. The van der Waals surface area contributed by atoms with Gasteiger partial charge >= 0.3 is 0 Å². The van der Waals surface area contributed by atoms with E-state index in [2.05, 4.69) is 81.5 Å². The lowest BCUT2D eigenvalue weighted by Gasteiger charge is -2.63.